The monoisotopic (exact) mass is 397 g/mol. The van der Waals surface area contributed by atoms with Crippen LogP contribution in [0.25, 0.3) is 11.0 Å². The van der Waals surface area contributed by atoms with Gasteiger partial charge in [-0.1, -0.05) is 29.8 Å². The van der Waals surface area contributed by atoms with E-state index in [0.717, 1.165) is 53.4 Å². The summed E-state index contributed by atoms with van der Waals surface area (Å²) in [6, 6.07) is 12.1. The van der Waals surface area contributed by atoms with Crippen molar-refractivity contribution in [2.45, 2.75) is 32.4 Å². The normalized spacial score (nSPS) is 17.3. The molecule has 1 saturated heterocycles. The molecule has 0 aliphatic carbocycles. The van der Waals surface area contributed by atoms with Gasteiger partial charge in [0.25, 0.3) is 0 Å². The van der Waals surface area contributed by atoms with Gasteiger partial charge in [0, 0.05) is 49.1 Å². The third-order valence-corrected chi connectivity index (χ3v) is 5.61. The van der Waals surface area contributed by atoms with Crippen LogP contribution in [-0.4, -0.2) is 45.2 Å². The van der Waals surface area contributed by atoms with E-state index >= 15 is 0 Å². The Morgan fingerprint density at radius 1 is 1.29 bits per heavy atom. The van der Waals surface area contributed by atoms with Crippen molar-refractivity contribution in [3.05, 3.63) is 58.9 Å². The minimum atomic E-state index is -0.0318. The van der Waals surface area contributed by atoms with E-state index in [4.69, 9.17) is 16.7 Å². The SMILES string of the molecule is CC(=O)NCCn1nc([C@H]2CCN(Cc3ccccc3Cl)C2)c2cccnc21. The number of pyridine rings is 1. The van der Waals surface area contributed by atoms with Gasteiger partial charge in [-0.15, -0.1) is 0 Å². The molecule has 1 atom stereocenters. The summed E-state index contributed by atoms with van der Waals surface area (Å²) in [7, 11) is 0. The molecule has 1 amide bonds. The van der Waals surface area contributed by atoms with Gasteiger partial charge in [0.05, 0.1) is 12.2 Å². The standard InChI is InChI=1S/C21H24ClN5O/c1-15(28)23-10-12-27-21-18(6-4-9-24-21)20(25-27)17-8-11-26(14-17)13-16-5-2-3-7-19(16)22/h2-7,9,17H,8,10-14H2,1H3,(H,23,28)/t17-/m0/s1. The summed E-state index contributed by atoms with van der Waals surface area (Å²) in [5, 5.41) is 9.63. The van der Waals surface area contributed by atoms with Crippen LogP contribution in [-0.2, 0) is 17.9 Å². The topological polar surface area (TPSA) is 63.1 Å². The molecule has 4 rings (SSSR count). The van der Waals surface area contributed by atoms with Crippen molar-refractivity contribution in [3.8, 4) is 0 Å². The number of aromatic nitrogens is 3. The van der Waals surface area contributed by atoms with Crippen LogP contribution >= 0.6 is 11.6 Å². The summed E-state index contributed by atoms with van der Waals surface area (Å²) in [5.74, 6) is 0.340. The van der Waals surface area contributed by atoms with Gasteiger partial charge in [0.15, 0.2) is 5.65 Å². The van der Waals surface area contributed by atoms with E-state index in [1.54, 1.807) is 6.20 Å². The molecule has 1 aromatic carbocycles. The Morgan fingerprint density at radius 2 is 2.14 bits per heavy atom. The Balaban J connectivity index is 1.51. The molecule has 2 aromatic heterocycles. The molecule has 3 aromatic rings. The molecule has 1 N–H and O–H groups in total. The number of halogens is 1. The largest absolute Gasteiger partial charge is 0.354 e. The highest BCUT2D eigenvalue weighted by atomic mass is 35.5. The molecule has 6 nitrogen and oxygen atoms in total. The number of carbonyl (C=O) groups is 1. The molecule has 146 valence electrons. The maximum absolute atomic E-state index is 11.2. The van der Waals surface area contributed by atoms with E-state index in [1.807, 2.05) is 28.9 Å². The highest BCUT2D eigenvalue weighted by molar-refractivity contribution is 6.31. The molecule has 28 heavy (non-hydrogen) atoms. The lowest BCUT2D eigenvalue weighted by atomic mass is 10.0. The number of likely N-dealkylation sites (tertiary alicyclic amines) is 1. The predicted octanol–water partition coefficient (Wildman–Crippen LogP) is 3.21. The summed E-state index contributed by atoms with van der Waals surface area (Å²) in [5.41, 5.74) is 3.15. The average Bonchev–Trinajstić information content (AvgIpc) is 3.28. The Hall–Kier alpha value is -2.44. The average molecular weight is 398 g/mol. The summed E-state index contributed by atoms with van der Waals surface area (Å²) in [6.45, 7) is 5.52. The number of amides is 1. The molecule has 0 bridgehead atoms. The Morgan fingerprint density at radius 3 is 2.96 bits per heavy atom. The minimum Gasteiger partial charge on any atom is -0.354 e. The molecule has 1 fully saturated rings. The van der Waals surface area contributed by atoms with E-state index in [0.29, 0.717) is 19.0 Å². The van der Waals surface area contributed by atoms with Crippen LogP contribution in [0.4, 0.5) is 0 Å². The molecule has 1 aliphatic heterocycles. The molecular weight excluding hydrogens is 374 g/mol. The Labute approximate surface area is 169 Å². The molecule has 0 unspecified atom stereocenters. The van der Waals surface area contributed by atoms with Gasteiger partial charge >= 0.3 is 0 Å². The van der Waals surface area contributed by atoms with Crippen molar-refractivity contribution < 1.29 is 4.79 Å². The van der Waals surface area contributed by atoms with Crippen molar-refractivity contribution in [2.75, 3.05) is 19.6 Å². The quantitative estimate of drug-likeness (QED) is 0.693. The van der Waals surface area contributed by atoms with Gasteiger partial charge in [0.1, 0.15) is 0 Å². The third-order valence-electron chi connectivity index (χ3n) is 5.24. The molecule has 3 heterocycles. The first-order valence-electron chi connectivity index (χ1n) is 9.63. The molecule has 0 spiro atoms. The maximum Gasteiger partial charge on any atom is 0.216 e. The van der Waals surface area contributed by atoms with Gasteiger partial charge < -0.3 is 5.32 Å². The van der Waals surface area contributed by atoms with Crippen molar-refractivity contribution in [1.82, 2.24) is 25.0 Å². The second kappa shape index (κ2) is 8.29. The lowest BCUT2D eigenvalue weighted by Gasteiger charge is -2.16. The lowest BCUT2D eigenvalue weighted by molar-refractivity contribution is -0.118. The van der Waals surface area contributed by atoms with Crippen molar-refractivity contribution >= 4 is 28.5 Å². The predicted molar refractivity (Wildman–Crippen MR) is 110 cm³/mol. The van der Waals surface area contributed by atoms with E-state index in [-0.39, 0.29) is 5.91 Å². The smallest absolute Gasteiger partial charge is 0.216 e. The van der Waals surface area contributed by atoms with E-state index in [1.165, 1.54) is 6.92 Å². The number of carbonyl (C=O) groups excluding carboxylic acids is 1. The fraction of sp³-hybridized carbons (Fsp3) is 0.381. The second-order valence-electron chi connectivity index (χ2n) is 7.28. The van der Waals surface area contributed by atoms with Gasteiger partial charge in [-0.25, -0.2) is 9.67 Å². The summed E-state index contributed by atoms with van der Waals surface area (Å²) < 4.78 is 1.91. The molecule has 7 heteroatoms. The minimum absolute atomic E-state index is 0.0318. The summed E-state index contributed by atoms with van der Waals surface area (Å²) in [6.07, 6.45) is 2.86. The van der Waals surface area contributed by atoms with Crippen LogP contribution in [0.2, 0.25) is 5.02 Å². The van der Waals surface area contributed by atoms with E-state index in [2.05, 4.69) is 27.3 Å². The van der Waals surface area contributed by atoms with Crippen LogP contribution < -0.4 is 5.32 Å². The number of nitrogens with zero attached hydrogens (tertiary/aromatic N) is 4. The third kappa shape index (κ3) is 4.03. The van der Waals surface area contributed by atoms with E-state index in [9.17, 15) is 4.79 Å². The van der Waals surface area contributed by atoms with Gasteiger partial charge in [-0.2, -0.15) is 5.10 Å². The zero-order valence-corrected chi connectivity index (χ0v) is 16.7. The maximum atomic E-state index is 11.2. The Bertz CT molecular complexity index is 986. The lowest BCUT2D eigenvalue weighted by Crippen LogP contribution is -2.25. The second-order valence-corrected chi connectivity index (χ2v) is 7.69. The number of rotatable bonds is 6. The molecule has 0 radical (unpaired) electrons. The Kier molecular flexibility index (Phi) is 5.59. The molecular formula is C21H24ClN5O. The number of hydrogen-bond acceptors (Lipinski definition) is 4. The molecule has 1 aliphatic rings. The fourth-order valence-electron chi connectivity index (χ4n) is 3.90. The van der Waals surface area contributed by atoms with Crippen LogP contribution in [0.5, 0.6) is 0 Å². The molecule has 0 saturated carbocycles. The first-order chi connectivity index (χ1) is 13.6. The van der Waals surface area contributed by atoms with E-state index < -0.39 is 0 Å². The summed E-state index contributed by atoms with van der Waals surface area (Å²) >= 11 is 6.33. The van der Waals surface area contributed by atoms with Crippen LogP contribution in [0.15, 0.2) is 42.6 Å². The van der Waals surface area contributed by atoms with Crippen molar-refractivity contribution in [1.29, 1.82) is 0 Å². The summed E-state index contributed by atoms with van der Waals surface area (Å²) in [4.78, 5) is 18.1. The first-order valence-corrected chi connectivity index (χ1v) is 10.0. The highest BCUT2D eigenvalue weighted by Crippen LogP contribution is 2.32. The highest BCUT2D eigenvalue weighted by Gasteiger charge is 2.28. The van der Waals surface area contributed by atoms with Crippen molar-refractivity contribution in [3.63, 3.8) is 0 Å². The zero-order chi connectivity index (χ0) is 19.5. The van der Waals surface area contributed by atoms with Gasteiger partial charge in [-0.05, 0) is 36.7 Å². The number of hydrogen-bond donors (Lipinski definition) is 1. The number of nitrogens with one attached hydrogen (secondary N) is 1. The number of fused-ring (bicyclic) bond motifs is 1. The fourth-order valence-corrected chi connectivity index (χ4v) is 4.09. The zero-order valence-electron chi connectivity index (χ0n) is 15.9. The van der Waals surface area contributed by atoms with Crippen LogP contribution in [0, 0.1) is 0 Å². The van der Waals surface area contributed by atoms with Gasteiger partial charge in [-0.3, -0.25) is 9.69 Å². The number of benzene rings is 1. The first kappa shape index (κ1) is 18.9. The van der Waals surface area contributed by atoms with Crippen molar-refractivity contribution in [2.24, 2.45) is 0 Å². The van der Waals surface area contributed by atoms with Gasteiger partial charge in [0.2, 0.25) is 5.91 Å². The van der Waals surface area contributed by atoms with Crippen LogP contribution in [0.1, 0.15) is 30.5 Å². The van der Waals surface area contributed by atoms with Crippen LogP contribution in [0.3, 0.4) is 0 Å².